The fraction of sp³-hybridized carbons (Fsp3) is 0. The van der Waals surface area contributed by atoms with Crippen LogP contribution >= 0.6 is 11.3 Å². The highest BCUT2D eigenvalue weighted by atomic mass is 32.1. The Hall–Kier alpha value is -1.61. The molecule has 0 N–H and O–H groups in total. The third kappa shape index (κ3) is 2.20. The van der Waals surface area contributed by atoms with Crippen LogP contribution in [0.3, 0.4) is 0 Å². The average Bonchev–Trinajstić information content (AvgIpc) is 2.92. The maximum atomic E-state index is 4.58. The van der Waals surface area contributed by atoms with Crippen LogP contribution in [0.5, 0.6) is 0 Å². The number of benzene rings is 1. The molecule has 0 amide bonds. The molecule has 0 aliphatic carbocycles. The number of furan rings is 1. The fourth-order valence-electron chi connectivity index (χ4n) is 1.03. The molecule has 0 bridgehead atoms. The number of thiazole rings is 1. The predicted molar refractivity (Wildman–Crippen MR) is 58.3 cm³/mol. The van der Waals surface area contributed by atoms with Crippen LogP contribution in [-0.2, 0) is 0 Å². The SMILES string of the molecule is c1ccc2scnc2c1.c1ccoc1. The van der Waals surface area contributed by atoms with Crippen LogP contribution in [0.15, 0.2) is 58.9 Å². The van der Waals surface area contributed by atoms with Gasteiger partial charge in [-0.15, -0.1) is 11.3 Å². The van der Waals surface area contributed by atoms with Gasteiger partial charge in [-0.3, -0.25) is 0 Å². The van der Waals surface area contributed by atoms with Gasteiger partial charge in [0.2, 0.25) is 0 Å². The third-order valence-corrected chi connectivity index (χ3v) is 2.47. The van der Waals surface area contributed by atoms with Crippen molar-refractivity contribution in [2.45, 2.75) is 0 Å². The Morgan fingerprint density at radius 2 is 1.79 bits per heavy atom. The summed E-state index contributed by atoms with van der Waals surface area (Å²) in [7, 11) is 0. The highest BCUT2D eigenvalue weighted by Crippen LogP contribution is 2.15. The van der Waals surface area contributed by atoms with Gasteiger partial charge in [-0.1, -0.05) is 12.1 Å². The molecule has 3 rings (SSSR count). The number of para-hydroxylation sites is 1. The smallest absolute Gasteiger partial charge is 0.0902 e. The van der Waals surface area contributed by atoms with Gasteiger partial charge in [0, 0.05) is 0 Å². The zero-order chi connectivity index (χ0) is 9.64. The lowest BCUT2D eigenvalue weighted by Crippen LogP contribution is -1.61. The summed E-state index contributed by atoms with van der Waals surface area (Å²) in [5.41, 5.74) is 2.97. The van der Waals surface area contributed by atoms with Crippen LogP contribution < -0.4 is 0 Å². The molecule has 0 fully saturated rings. The van der Waals surface area contributed by atoms with Crippen molar-refractivity contribution in [2.75, 3.05) is 0 Å². The minimum absolute atomic E-state index is 1.10. The number of hydrogen-bond acceptors (Lipinski definition) is 3. The van der Waals surface area contributed by atoms with E-state index in [2.05, 4.69) is 15.5 Å². The fourth-order valence-corrected chi connectivity index (χ4v) is 1.71. The van der Waals surface area contributed by atoms with Gasteiger partial charge < -0.3 is 4.42 Å². The number of aromatic nitrogens is 1. The van der Waals surface area contributed by atoms with Crippen LogP contribution in [0, 0.1) is 0 Å². The molecule has 0 unspecified atom stereocenters. The summed E-state index contributed by atoms with van der Waals surface area (Å²) in [6.07, 6.45) is 3.25. The largest absolute Gasteiger partial charge is 0.473 e. The molecule has 2 nitrogen and oxygen atoms in total. The lowest BCUT2D eigenvalue weighted by molar-refractivity contribution is 0.567. The van der Waals surface area contributed by atoms with Crippen molar-refractivity contribution in [1.29, 1.82) is 0 Å². The molecular weight excluding hydrogens is 194 g/mol. The highest BCUT2D eigenvalue weighted by Gasteiger charge is 1.89. The van der Waals surface area contributed by atoms with Gasteiger partial charge in [0.25, 0.3) is 0 Å². The summed E-state index contributed by atoms with van der Waals surface area (Å²) in [4.78, 5) is 4.14. The second-order valence-corrected chi connectivity index (χ2v) is 3.50. The van der Waals surface area contributed by atoms with E-state index in [9.17, 15) is 0 Å². The van der Waals surface area contributed by atoms with Gasteiger partial charge >= 0.3 is 0 Å². The van der Waals surface area contributed by atoms with E-state index in [1.165, 1.54) is 4.70 Å². The summed E-state index contributed by atoms with van der Waals surface area (Å²) < 4.78 is 5.84. The molecular formula is C11H9NOS. The molecule has 0 saturated carbocycles. The van der Waals surface area contributed by atoms with E-state index in [4.69, 9.17) is 0 Å². The Morgan fingerprint density at radius 1 is 1.00 bits per heavy atom. The van der Waals surface area contributed by atoms with Gasteiger partial charge in [0.1, 0.15) is 0 Å². The first-order chi connectivity index (χ1) is 6.97. The van der Waals surface area contributed by atoms with Crippen LogP contribution in [0.25, 0.3) is 10.2 Å². The first kappa shape index (κ1) is 8.97. The molecule has 0 aliphatic heterocycles. The van der Waals surface area contributed by atoms with Crippen LogP contribution in [-0.4, -0.2) is 4.98 Å². The maximum Gasteiger partial charge on any atom is 0.0902 e. The summed E-state index contributed by atoms with van der Waals surface area (Å²) >= 11 is 1.68. The summed E-state index contributed by atoms with van der Waals surface area (Å²) in [6.45, 7) is 0. The highest BCUT2D eigenvalue weighted by molar-refractivity contribution is 7.16. The molecule has 3 heteroatoms. The Labute approximate surface area is 85.8 Å². The minimum Gasteiger partial charge on any atom is -0.473 e. The monoisotopic (exact) mass is 203 g/mol. The molecule has 1 aromatic carbocycles. The molecule has 0 atom stereocenters. The summed E-state index contributed by atoms with van der Waals surface area (Å²) in [5.74, 6) is 0. The molecule has 2 heterocycles. The molecule has 0 radical (unpaired) electrons. The zero-order valence-corrected chi connectivity index (χ0v) is 8.28. The quantitative estimate of drug-likeness (QED) is 0.558. The van der Waals surface area contributed by atoms with Crippen molar-refractivity contribution < 1.29 is 4.42 Å². The van der Waals surface area contributed by atoms with Crippen molar-refractivity contribution >= 4 is 21.6 Å². The van der Waals surface area contributed by atoms with Crippen molar-refractivity contribution in [3.05, 3.63) is 54.4 Å². The Bertz CT molecular complexity index is 425. The third-order valence-electron chi connectivity index (χ3n) is 1.66. The molecule has 0 spiro atoms. The first-order valence-corrected chi connectivity index (χ1v) is 5.10. The lowest BCUT2D eigenvalue weighted by Gasteiger charge is -1.80. The average molecular weight is 203 g/mol. The van der Waals surface area contributed by atoms with E-state index in [1.807, 2.05) is 35.8 Å². The van der Waals surface area contributed by atoms with Gasteiger partial charge in [-0.25, -0.2) is 4.98 Å². The molecule has 0 aliphatic rings. The van der Waals surface area contributed by atoms with E-state index in [0.29, 0.717) is 0 Å². The van der Waals surface area contributed by atoms with Crippen molar-refractivity contribution in [3.63, 3.8) is 0 Å². The molecule has 14 heavy (non-hydrogen) atoms. The number of rotatable bonds is 0. The number of hydrogen-bond donors (Lipinski definition) is 0. The Morgan fingerprint density at radius 3 is 2.43 bits per heavy atom. The Kier molecular flexibility index (Phi) is 2.93. The second kappa shape index (κ2) is 4.58. The number of nitrogens with zero attached hydrogens (tertiary/aromatic N) is 1. The minimum atomic E-state index is 1.10. The van der Waals surface area contributed by atoms with E-state index in [1.54, 1.807) is 23.9 Å². The summed E-state index contributed by atoms with van der Waals surface area (Å²) in [6, 6.07) is 11.8. The predicted octanol–water partition coefficient (Wildman–Crippen LogP) is 3.58. The zero-order valence-electron chi connectivity index (χ0n) is 7.46. The second-order valence-electron chi connectivity index (χ2n) is 2.61. The van der Waals surface area contributed by atoms with Crippen molar-refractivity contribution in [2.24, 2.45) is 0 Å². The van der Waals surface area contributed by atoms with Gasteiger partial charge in [-0.05, 0) is 24.3 Å². The number of fused-ring (bicyclic) bond motifs is 1. The van der Waals surface area contributed by atoms with Crippen LogP contribution in [0.2, 0.25) is 0 Å². The lowest BCUT2D eigenvalue weighted by atomic mass is 10.3. The van der Waals surface area contributed by atoms with E-state index in [0.717, 1.165) is 5.52 Å². The standard InChI is InChI=1S/C7H5NS.C4H4O/c1-2-4-7-6(3-1)8-5-9-7;1-2-4-5-3-1/h1-5H;1-4H. The molecule has 70 valence electrons. The molecule has 3 aromatic rings. The van der Waals surface area contributed by atoms with Gasteiger partial charge in [0.05, 0.1) is 28.3 Å². The van der Waals surface area contributed by atoms with Gasteiger partial charge in [0.15, 0.2) is 0 Å². The topological polar surface area (TPSA) is 26.0 Å². The van der Waals surface area contributed by atoms with Crippen LogP contribution in [0.4, 0.5) is 0 Å². The van der Waals surface area contributed by atoms with E-state index < -0.39 is 0 Å². The first-order valence-electron chi connectivity index (χ1n) is 4.22. The Balaban J connectivity index is 0.000000128. The van der Waals surface area contributed by atoms with E-state index in [-0.39, 0.29) is 0 Å². The van der Waals surface area contributed by atoms with Crippen molar-refractivity contribution in [3.8, 4) is 0 Å². The molecule has 0 saturated heterocycles. The normalized spacial score (nSPS) is 9.43. The maximum absolute atomic E-state index is 4.58. The molecule has 2 aromatic heterocycles. The van der Waals surface area contributed by atoms with E-state index >= 15 is 0 Å². The van der Waals surface area contributed by atoms with Crippen molar-refractivity contribution in [1.82, 2.24) is 4.98 Å². The van der Waals surface area contributed by atoms with Gasteiger partial charge in [-0.2, -0.15) is 0 Å². The summed E-state index contributed by atoms with van der Waals surface area (Å²) in [5, 5.41) is 0. The van der Waals surface area contributed by atoms with Crippen LogP contribution in [0.1, 0.15) is 0 Å².